The van der Waals surface area contributed by atoms with E-state index in [-0.39, 0.29) is 15.1 Å². The second-order valence-electron chi connectivity index (χ2n) is 4.99. The molecule has 1 aliphatic rings. The molecular formula is C13H13Cl2N3O2S2. The van der Waals surface area contributed by atoms with Gasteiger partial charge in [-0.3, -0.25) is 0 Å². The van der Waals surface area contributed by atoms with Crippen molar-refractivity contribution in [1.29, 1.82) is 0 Å². The molecule has 9 heteroatoms. The van der Waals surface area contributed by atoms with Gasteiger partial charge in [0, 0.05) is 36.8 Å². The summed E-state index contributed by atoms with van der Waals surface area (Å²) in [6.45, 7) is 0.930. The van der Waals surface area contributed by atoms with Gasteiger partial charge in [-0.1, -0.05) is 23.2 Å². The molecule has 1 saturated heterocycles. The van der Waals surface area contributed by atoms with Crippen molar-refractivity contribution >= 4 is 44.6 Å². The first-order valence-electron chi connectivity index (χ1n) is 6.69. The summed E-state index contributed by atoms with van der Waals surface area (Å²) in [7, 11) is -3.58. The lowest BCUT2D eigenvalue weighted by molar-refractivity contribution is 0.319. The molecule has 5 nitrogen and oxygen atoms in total. The molecule has 0 N–H and O–H groups in total. The summed E-state index contributed by atoms with van der Waals surface area (Å²) in [5.74, 6) is 0.332. The molecule has 0 amide bonds. The normalized spacial score (nSPS) is 17.7. The quantitative estimate of drug-likeness (QED) is 0.768. The van der Waals surface area contributed by atoms with Crippen molar-refractivity contribution in [3.8, 4) is 0 Å². The number of pyridine rings is 1. The molecule has 22 heavy (non-hydrogen) atoms. The number of halogens is 2. The second kappa shape index (κ2) is 6.41. The number of nitrogens with zero attached hydrogens (tertiary/aromatic N) is 3. The van der Waals surface area contributed by atoms with Crippen LogP contribution in [0.4, 0.5) is 0 Å². The van der Waals surface area contributed by atoms with Gasteiger partial charge in [-0.05, 0) is 18.9 Å². The molecule has 1 aliphatic heterocycles. The van der Waals surface area contributed by atoms with E-state index < -0.39 is 10.0 Å². The van der Waals surface area contributed by atoms with E-state index in [2.05, 4.69) is 9.97 Å². The Bertz CT molecular complexity index is 758. The molecule has 0 radical (unpaired) electrons. The van der Waals surface area contributed by atoms with E-state index in [1.807, 2.05) is 5.38 Å². The minimum atomic E-state index is -3.58. The van der Waals surface area contributed by atoms with Gasteiger partial charge < -0.3 is 0 Å². The Balaban J connectivity index is 1.75. The van der Waals surface area contributed by atoms with Crippen molar-refractivity contribution in [3.05, 3.63) is 39.0 Å². The standard InChI is InChI=1S/C13H13Cl2N3O2S2/c14-11-7-10(8-17-12(11)15)22(19,20)18-4-1-9(2-5-18)13-16-3-6-21-13/h3,6-9H,1-2,4-5H2. The number of hydrogen-bond donors (Lipinski definition) is 0. The second-order valence-corrected chi connectivity index (χ2v) is 8.62. The molecule has 118 valence electrons. The average Bonchev–Trinajstić information content (AvgIpc) is 3.04. The van der Waals surface area contributed by atoms with Crippen LogP contribution in [-0.2, 0) is 10.0 Å². The molecule has 0 saturated carbocycles. The van der Waals surface area contributed by atoms with Gasteiger partial charge in [0.2, 0.25) is 10.0 Å². The Morgan fingerprint density at radius 3 is 2.55 bits per heavy atom. The molecule has 2 aromatic rings. The molecule has 0 aliphatic carbocycles. The van der Waals surface area contributed by atoms with Gasteiger partial charge in [-0.2, -0.15) is 4.31 Å². The molecule has 0 unspecified atom stereocenters. The van der Waals surface area contributed by atoms with Crippen LogP contribution < -0.4 is 0 Å². The summed E-state index contributed by atoms with van der Waals surface area (Å²) in [5.41, 5.74) is 0. The highest BCUT2D eigenvalue weighted by atomic mass is 35.5. The lowest BCUT2D eigenvalue weighted by Gasteiger charge is -2.30. The van der Waals surface area contributed by atoms with E-state index in [4.69, 9.17) is 23.2 Å². The number of hydrogen-bond acceptors (Lipinski definition) is 5. The van der Waals surface area contributed by atoms with E-state index in [0.29, 0.717) is 19.0 Å². The minimum Gasteiger partial charge on any atom is -0.249 e. The molecular weight excluding hydrogens is 365 g/mol. The molecule has 2 aromatic heterocycles. The molecule has 3 rings (SSSR count). The number of piperidine rings is 1. The van der Waals surface area contributed by atoms with Gasteiger partial charge >= 0.3 is 0 Å². The van der Waals surface area contributed by atoms with Crippen LogP contribution in [0.25, 0.3) is 0 Å². The predicted octanol–water partition coefficient (Wildman–Crippen LogP) is 3.41. The van der Waals surface area contributed by atoms with E-state index in [0.717, 1.165) is 17.8 Å². The molecule has 3 heterocycles. The summed E-state index contributed by atoms with van der Waals surface area (Å²) in [6, 6.07) is 1.35. The van der Waals surface area contributed by atoms with E-state index >= 15 is 0 Å². The number of thiazole rings is 1. The van der Waals surface area contributed by atoms with Crippen LogP contribution in [0.15, 0.2) is 28.7 Å². The van der Waals surface area contributed by atoms with Crippen molar-refractivity contribution in [3.63, 3.8) is 0 Å². The third-order valence-corrected chi connectivity index (χ3v) is 7.15. The van der Waals surface area contributed by atoms with Gasteiger partial charge in [0.15, 0.2) is 0 Å². The number of aromatic nitrogens is 2. The Kier molecular flexibility index (Phi) is 4.70. The maximum atomic E-state index is 12.6. The minimum absolute atomic E-state index is 0.0783. The Morgan fingerprint density at radius 1 is 1.23 bits per heavy atom. The van der Waals surface area contributed by atoms with E-state index in [1.54, 1.807) is 17.5 Å². The first-order chi connectivity index (χ1) is 10.5. The van der Waals surface area contributed by atoms with Crippen LogP contribution in [0.2, 0.25) is 10.2 Å². The molecule has 0 aromatic carbocycles. The van der Waals surface area contributed by atoms with Gasteiger partial charge in [0.25, 0.3) is 0 Å². The monoisotopic (exact) mass is 377 g/mol. The SMILES string of the molecule is O=S(=O)(c1cnc(Cl)c(Cl)c1)N1CCC(c2nccs2)CC1. The third-order valence-electron chi connectivity index (χ3n) is 3.66. The topological polar surface area (TPSA) is 63.2 Å². The van der Waals surface area contributed by atoms with Gasteiger partial charge in [-0.15, -0.1) is 11.3 Å². The predicted molar refractivity (Wildman–Crippen MR) is 87.1 cm³/mol. The molecule has 0 bridgehead atoms. The zero-order chi connectivity index (χ0) is 15.7. The number of rotatable bonds is 3. The summed E-state index contributed by atoms with van der Waals surface area (Å²) in [4.78, 5) is 8.21. The van der Waals surface area contributed by atoms with Gasteiger partial charge in [-0.25, -0.2) is 18.4 Å². The highest BCUT2D eigenvalue weighted by molar-refractivity contribution is 7.89. The van der Waals surface area contributed by atoms with Crippen LogP contribution in [0.1, 0.15) is 23.8 Å². The van der Waals surface area contributed by atoms with E-state index in [1.165, 1.54) is 16.6 Å². The van der Waals surface area contributed by atoms with Crippen molar-refractivity contribution in [2.24, 2.45) is 0 Å². The highest BCUT2D eigenvalue weighted by Crippen LogP contribution is 2.32. The lowest BCUT2D eigenvalue weighted by Crippen LogP contribution is -2.37. The summed E-state index contributed by atoms with van der Waals surface area (Å²) in [5, 5.41) is 3.26. The van der Waals surface area contributed by atoms with Crippen LogP contribution in [0, 0.1) is 0 Å². The first-order valence-corrected chi connectivity index (χ1v) is 9.76. The summed E-state index contributed by atoms with van der Waals surface area (Å²) in [6.07, 6.45) is 4.56. The summed E-state index contributed by atoms with van der Waals surface area (Å²) >= 11 is 13.2. The molecule has 1 fully saturated rings. The third kappa shape index (κ3) is 3.14. The van der Waals surface area contributed by atoms with Crippen LogP contribution in [0.5, 0.6) is 0 Å². The fourth-order valence-electron chi connectivity index (χ4n) is 2.47. The smallest absolute Gasteiger partial charge is 0.244 e. The number of sulfonamides is 1. The van der Waals surface area contributed by atoms with Crippen LogP contribution in [0.3, 0.4) is 0 Å². The van der Waals surface area contributed by atoms with Gasteiger partial charge in [0.05, 0.1) is 10.0 Å². The van der Waals surface area contributed by atoms with Crippen LogP contribution in [-0.4, -0.2) is 35.8 Å². The van der Waals surface area contributed by atoms with Crippen molar-refractivity contribution in [2.75, 3.05) is 13.1 Å². The Hall–Kier alpha value is -0.730. The first kappa shape index (κ1) is 16.1. The maximum absolute atomic E-state index is 12.6. The van der Waals surface area contributed by atoms with Crippen molar-refractivity contribution in [2.45, 2.75) is 23.7 Å². The van der Waals surface area contributed by atoms with Crippen LogP contribution >= 0.6 is 34.5 Å². The van der Waals surface area contributed by atoms with Crippen molar-refractivity contribution in [1.82, 2.24) is 14.3 Å². The van der Waals surface area contributed by atoms with Crippen molar-refractivity contribution < 1.29 is 8.42 Å². The zero-order valence-corrected chi connectivity index (χ0v) is 14.6. The fourth-order valence-corrected chi connectivity index (χ4v) is 5.06. The largest absolute Gasteiger partial charge is 0.249 e. The average molecular weight is 378 g/mol. The fraction of sp³-hybridized carbons (Fsp3) is 0.385. The molecule has 0 atom stereocenters. The summed E-state index contributed by atoms with van der Waals surface area (Å²) < 4.78 is 26.7. The zero-order valence-electron chi connectivity index (χ0n) is 11.4. The Morgan fingerprint density at radius 2 is 1.95 bits per heavy atom. The lowest BCUT2D eigenvalue weighted by atomic mass is 9.99. The maximum Gasteiger partial charge on any atom is 0.244 e. The highest BCUT2D eigenvalue weighted by Gasteiger charge is 2.31. The van der Waals surface area contributed by atoms with Gasteiger partial charge in [0.1, 0.15) is 10.0 Å². The molecule has 0 spiro atoms. The Labute approximate surface area is 143 Å². The van der Waals surface area contributed by atoms with E-state index in [9.17, 15) is 8.42 Å².